The van der Waals surface area contributed by atoms with Crippen LogP contribution in [-0.2, 0) is 4.74 Å². The molecule has 1 rings (SSSR count). The molecule has 86 valence electrons. The zero-order valence-electron chi connectivity index (χ0n) is 10.0. The average molecular weight is 209 g/mol. The summed E-state index contributed by atoms with van der Waals surface area (Å²) in [5.41, 5.74) is 0.0485. The summed E-state index contributed by atoms with van der Waals surface area (Å²) in [6.45, 7) is 3.13. The van der Waals surface area contributed by atoms with Crippen LogP contribution in [0.25, 0.3) is 0 Å². The lowest BCUT2D eigenvalue weighted by Gasteiger charge is -2.36. The predicted molar refractivity (Wildman–Crippen MR) is 63.7 cm³/mol. The van der Waals surface area contributed by atoms with Crippen LogP contribution in [0.1, 0.15) is 45.4 Å². The molecule has 0 aromatic heterocycles. The standard InChI is InChI=1S/C13H23NO/c1-4-6-9-12(14-5-2)13(15-3)10-7-8-11-13/h1,12,14H,5-11H2,2-3H3. The Morgan fingerprint density at radius 3 is 2.60 bits per heavy atom. The van der Waals surface area contributed by atoms with Crippen molar-refractivity contribution in [3.05, 3.63) is 0 Å². The van der Waals surface area contributed by atoms with Crippen LogP contribution >= 0.6 is 0 Å². The quantitative estimate of drug-likeness (QED) is 0.678. The second-order valence-electron chi connectivity index (χ2n) is 4.33. The van der Waals surface area contributed by atoms with Gasteiger partial charge in [-0.25, -0.2) is 0 Å². The monoisotopic (exact) mass is 209 g/mol. The predicted octanol–water partition coefficient (Wildman–Crippen LogP) is 2.34. The van der Waals surface area contributed by atoms with Crippen LogP contribution < -0.4 is 5.32 Å². The second-order valence-corrected chi connectivity index (χ2v) is 4.33. The van der Waals surface area contributed by atoms with Crippen LogP contribution in [0.3, 0.4) is 0 Å². The van der Waals surface area contributed by atoms with Crippen molar-refractivity contribution in [1.29, 1.82) is 0 Å². The van der Waals surface area contributed by atoms with Gasteiger partial charge in [0.15, 0.2) is 0 Å². The van der Waals surface area contributed by atoms with E-state index in [2.05, 4.69) is 18.2 Å². The Bertz CT molecular complexity index is 213. The molecule has 0 spiro atoms. The van der Waals surface area contributed by atoms with E-state index in [1.165, 1.54) is 25.7 Å². The minimum Gasteiger partial charge on any atom is -0.377 e. The second kappa shape index (κ2) is 6.15. The van der Waals surface area contributed by atoms with Crippen LogP contribution in [0, 0.1) is 12.3 Å². The van der Waals surface area contributed by atoms with Crippen LogP contribution in [0.4, 0.5) is 0 Å². The van der Waals surface area contributed by atoms with E-state index in [4.69, 9.17) is 11.2 Å². The third-order valence-corrected chi connectivity index (χ3v) is 3.52. The molecule has 0 amide bonds. The fraction of sp³-hybridized carbons (Fsp3) is 0.846. The smallest absolute Gasteiger partial charge is 0.0831 e. The third kappa shape index (κ3) is 2.96. The van der Waals surface area contributed by atoms with Crippen LogP contribution in [-0.4, -0.2) is 25.3 Å². The van der Waals surface area contributed by atoms with E-state index in [-0.39, 0.29) is 5.60 Å². The number of methoxy groups -OCH3 is 1. The van der Waals surface area contributed by atoms with Crippen molar-refractivity contribution in [2.24, 2.45) is 0 Å². The fourth-order valence-corrected chi connectivity index (χ4v) is 2.69. The lowest BCUT2D eigenvalue weighted by Crippen LogP contribution is -2.50. The Morgan fingerprint density at radius 1 is 1.47 bits per heavy atom. The molecule has 1 unspecified atom stereocenters. The van der Waals surface area contributed by atoms with Crippen molar-refractivity contribution in [3.8, 4) is 12.3 Å². The zero-order chi connectivity index (χ0) is 11.1. The molecule has 1 N–H and O–H groups in total. The number of rotatable bonds is 6. The van der Waals surface area contributed by atoms with Crippen LogP contribution in [0.2, 0.25) is 0 Å². The van der Waals surface area contributed by atoms with E-state index in [1.807, 2.05) is 7.11 Å². The maximum atomic E-state index is 5.78. The van der Waals surface area contributed by atoms with Crippen LogP contribution in [0.5, 0.6) is 0 Å². The number of terminal acetylenes is 1. The SMILES string of the molecule is C#CCCC(NCC)C1(OC)CCCC1. The van der Waals surface area contributed by atoms with Crippen molar-refractivity contribution in [2.45, 2.75) is 57.1 Å². The highest BCUT2D eigenvalue weighted by Gasteiger charge is 2.40. The van der Waals surface area contributed by atoms with E-state index < -0.39 is 0 Å². The largest absolute Gasteiger partial charge is 0.377 e. The minimum atomic E-state index is 0.0485. The summed E-state index contributed by atoms with van der Waals surface area (Å²) in [4.78, 5) is 0. The van der Waals surface area contributed by atoms with Crippen molar-refractivity contribution in [2.75, 3.05) is 13.7 Å². The molecule has 1 aliphatic rings. The molecule has 0 saturated heterocycles. The first-order valence-corrected chi connectivity index (χ1v) is 6.01. The zero-order valence-corrected chi connectivity index (χ0v) is 10.0. The minimum absolute atomic E-state index is 0.0485. The number of nitrogens with one attached hydrogen (secondary N) is 1. The summed E-state index contributed by atoms with van der Waals surface area (Å²) in [6, 6.07) is 0.422. The number of hydrogen-bond acceptors (Lipinski definition) is 2. The fourth-order valence-electron chi connectivity index (χ4n) is 2.69. The molecule has 2 heteroatoms. The normalized spacial score (nSPS) is 21.1. The van der Waals surface area contributed by atoms with E-state index in [0.29, 0.717) is 6.04 Å². The molecule has 0 heterocycles. The molecule has 2 nitrogen and oxygen atoms in total. The molecule has 0 bridgehead atoms. The van der Waals surface area contributed by atoms with Gasteiger partial charge in [-0.15, -0.1) is 12.3 Å². The first-order valence-electron chi connectivity index (χ1n) is 6.01. The summed E-state index contributed by atoms with van der Waals surface area (Å²) in [7, 11) is 1.84. The summed E-state index contributed by atoms with van der Waals surface area (Å²) >= 11 is 0. The van der Waals surface area contributed by atoms with E-state index in [9.17, 15) is 0 Å². The van der Waals surface area contributed by atoms with Gasteiger partial charge in [0.25, 0.3) is 0 Å². The van der Waals surface area contributed by atoms with Gasteiger partial charge in [-0.2, -0.15) is 0 Å². The Hall–Kier alpha value is -0.520. The lowest BCUT2D eigenvalue weighted by atomic mass is 9.88. The van der Waals surface area contributed by atoms with Gasteiger partial charge in [0.05, 0.1) is 5.60 Å². The summed E-state index contributed by atoms with van der Waals surface area (Å²) < 4.78 is 5.78. The molecular weight excluding hydrogens is 186 g/mol. The Balaban J connectivity index is 2.62. The average Bonchev–Trinajstić information content (AvgIpc) is 2.74. The first kappa shape index (κ1) is 12.5. The van der Waals surface area contributed by atoms with Gasteiger partial charge in [0.1, 0.15) is 0 Å². The van der Waals surface area contributed by atoms with Crippen molar-refractivity contribution >= 4 is 0 Å². The van der Waals surface area contributed by atoms with Crippen LogP contribution in [0.15, 0.2) is 0 Å². The molecule has 0 aliphatic heterocycles. The molecule has 1 aliphatic carbocycles. The van der Waals surface area contributed by atoms with Gasteiger partial charge in [-0.05, 0) is 25.8 Å². The highest BCUT2D eigenvalue weighted by atomic mass is 16.5. The topological polar surface area (TPSA) is 21.3 Å². The lowest BCUT2D eigenvalue weighted by molar-refractivity contribution is -0.0370. The van der Waals surface area contributed by atoms with Gasteiger partial charge in [-0.1, -0.05) is 19.8 Å². The van der Waals surface area contributed by atoms with E-state index in [1.54, 1.807) is 0 Å². The molecule has 0 radical (unpaired) electrons. The molecule has 1 fully saturated rings. The number of likely N-dealkylation sites (N-methyl/N-ethyl adjacent to an activating group) is 1. The molecule has 0 aromatic carbocycles. The first-order chi connectivity index (χ1) is 7.29. The molecule has 15 heavy (non-hydrogen) atoms. The molecular formula is C13H23NO. The van der Waals surface area contributed by atoms with Gasteiger partial charge in [0.2, 0.25) is 0 Å². The van der Waals surface area contributed by atoms with Gasteiger partial charge < -0.3 is 10.1 Å². The van der Waals surface area contributed by atoms with Crippen molar-refractivity contribution < 1.29 is 4.74 Å². The van der Waals surface area contributed by atoms with Gasteiger partial charge in [-0.3, -0.25) is 0 Å². The Labute approximate surface area is 93.8 Å². The Kier molecular flexibility index (Phi) is 5.14. The Morgan fingerprint density at radius 2 is 2.13 bits per heavy atom. The summed E-state index contributed by atoms with van der Waals surface area (Å²) in [6.07, 6.45) is 12.1. The number of ether oxygens (including phenoxy) is 1. The molecule has 0 aromatic rings. The number of hydrogen-bond donors (Lipinski definition) is 1. The maximum absolute atomic E-state index is 5.78. The molecule has 1 atom stereocenters. The van der Waals surface area contributed by atoms with Crippen molar-refractivity contribution in [1.82, 2.24) is 5.32 Å². The van der Waals surface area contributed by atoms with E-state index >= 15 is 0 Å². The van der Waals surface area contributed by atoms with Gasteiger partial charge >= 0.3 is 0 Å². The summed E-state index contributed by atoms with van der Waals surface area (Å²) in [5.74, 6) is 2.73. The maximum Gasteiger partial charge on any atom is 0.0831 e. The van der Waals surface area contributed by atoms with Gasteiger partial charge in [0, 0.05) is 19.6 Å². The molecule has 1 saturated carbocycles. The highest BCUT2D eigenvalue weighted by Crippen LogP contribution is 2.37. The summed E-state index contributed by atoms with van der Waals surface area (Å²) in [5, 5.41) is 3.53. The van der Waals surface area contributed by atoms with Crippen molar-refractivity contribution in [3.63, 3.8) is 0 Å². The highest BCUT2D eigenvalue weighted by molar-refractivity contribution is 4.98. The van der Waals surface area contributed by atoms with E-state index in [0.717, 1.165) is 19.4 Å². The third-order valence-electron chi connectivity index (χ3n) is 3.52.